The number of carbonyl (C=O) groups excluding carboxylic acids is 2. The Kier molecular flexibility index (Phi) is 41.2. The van der Waals surface area contributed by atoms with E-state index < -0.39 is 18.2 Å². The molecule has 0 saturated carbocycles. The highest BCUT2D eigenvalue weighted by molar-refractivity contribution is 5.77. The number of aliphatic hydroxyl groups excluding tert-OH is 2. The van der Waals surface area contributed by atoms with Crippen molar-refractivity contribution in [3.63, 3.8) is 0 Å². The van der Waals surface area contributed by atoms with Crippen LogP contribution in [0.5, 0.6) is 0 Å². The van der Waals surface area contributed by atoms with E-state index in [1.54, 1.807) is 0 Å². The van der Waals surface area contributed by atoms with E-state index in [1.807, 2.05) is 12.2 Å². The van der Waals surface area contributed by atoms with E-state index in [0.717, 1.165) is 83.5 Å². The number of esters is 1. The van der Waals surface area contributed by atoms with Gasteiger partial charge >= 0.3 is 5.97 Å². The molecule has 0 saturated heterocycles. The van der Waals surface area contributed by atoms with E-state index in [4.69, 9.17) is 4.74 Å². The molecule has 3 N–H and O–H groups in total. The fourth-order valence-corrected chi connectivity index (χ4v) is 6.89. The molecule has 0 aliphatic rings. The van der Waals surface area contributed by atoms with Crippen LogP contribution in [-0.2, 0) is 14.3 Å². The van der Waals surface area contributed by atoms with Crippen LogP contribution in [0.2, 0.25) is 0 Å². The summed E-state index contributed by atoms with van der Waals surface area (Å²) in [6.45, 7) is 6.31. The van der Waals surface area contributed by atoms with Gasteiger partial charge in [-0.25, -0.2) is 0 Å². The molecule has 0 aromatic rings. The summed E-state index contributed by atoms with van der Waals surface area (Å²) >= 11 is 0. The minimum atomic E-state index is -0.797. The van der Waals surface area contributed by atoms with Crippen LogP contribution in [0.1, 0.15) is 226 Å². The number of ether oxygens (including phenoxy) is 1. The normalized spacial score (nSPS) is 13.8. The first-order chi connectivity index (χ1) is 27.0. The number of unbranched alkanes of at least 4 members (excludes halogenated alkanes) is 23. The Balaban J connectivity index is 4.63. The van der Waals surface area contributed by atoms with Gasteiger partial charge in [-0.05, 0) is 70.6 Å². The molecule has 0 spiro atoms. The molecule has 0 heterocycles. The van der Waals surface area contributed by atoms with Gasteiger partial charge in [-0.15, -0.1) is 0 Å². The van der Waals surface area contributed by atoms with Crippen LogP contribution in [0.25, 0.3) is 0 Å². The molecule has 6 nitrogen and oxygen atoms in total. The summed E-state index contributed by atoms with van der Waals surface area (Å²) in [6, 6.07) is -0.713. The summed E-state index contributed by atoms with van der Waals surface area (Å²) in [5, 5.41) is 23.6. The van der Waals surface area contributed by atoms with Gasteiger partial charge in [0.15, 0.2) is 0 Å². The van der Waals surface area contributed by atoms with E-state index in [0.29, 0.717) is 19.3 Å². The molecule has 0 aliphatic carbocycles. The zero-order valence-electron chi connectivity index (χ0n) is 36.3. The molecule has 55 heavy (non-hydrogen) atoms. The third-order valence-electron chi connectivity index (χ3n) is 10.5. The average molecular weight is 772 g/mol. The third kappa shape index (κ3) is 38.5. The smallest absolute Gasteiger partial charge is 0.306 e. The van der Waals surface area contributed by atoms with E-state index in [9.17, 15) is 19.8 Å². The van der Waals surface area contributed by atoms with Gasteiger partial charge in [-0.1, -0.05) is 191 Å². The zero-order valence-corrected chi connectivity index (χ0v) is 36.3. The number of rotatable bonds is 41. The predicted octanol–water partition coefficient (Wildman–Crippen LogP) is 13.5. The number of nitrogens with one attached hydrogen (secondary N) is 1. The summed E-state index contributed by atoms with van der Waals surface area (Å²) in [4.78, 5) is 26.0. The Labute approximate surface area is 340 Å². The maximum Gasteiger partial charge on any atom is 0.306 e. The van der Waals surface area contributed by atoms with Gasteiger partial charge in [-0.3, -0.25) is 9.59 Å². The highest BCUT2D eigenvalue weighted by Crippen LogP contribution is 2.17. The van der Waals surface area contributed by atoms with Crippen molar-refractivity contribution in [1.82, 2.24) is 5.32 Å². The topological polar surface area (TPSA) is 95.9 Å². The Morgan fingerprint density at radius 2 is 1.00 bits per heavy atom. The van der Waals surface area contributed by atoms with Crippen molar-refractivity contribution in [2.24, 2.45) is 0 Å². The SMILES string of the molecule is CC/C=C/C=C/C=C\CCCCCC(CC(=O)NC(CO)C(O)CCCCCCCCCCCCCC)OC(=O)CCCCC/C=C\CCCCCCCC. The maximum atomic E-state index is 13.1. The monoisotopic (exact) mass is 772 g/mol. The molecule has 0 radical (unpaired) electrons. The molecular weight excluding hydrogens is 683 g/mol. The molecule has 3 atom stereocenters. The van der Waals surface area contributed by atoms with Crippen molar-refractivity contribution in [2.45, 2.75) is 244 Å². The highest BCUT2D eigenvalue weighted by Gasteiger charge is 2.24. The molecule has 320 valence electrons. The molecule has 0 aromatic carbocycles. The quantitative estimate of drug-likeness (QED) is 0.0249. The second-order valence-corrected chi connectivity index (χ2v) is 15.8. The van der Waals surface area contributed by atoms with Crippen LogP contribution in [0, 0.1) is 0 Å². The fourth-order valence-electron chi connectivity index (χ4n) is 6.89. The van der Waals surface area contributed by atoms with E-state index in [-0.39, 0.29) is 24.9 Å². The summed E-state index contributed by atoms with van der Waals surface area (Å²) in [7, 11) is 0. The van der Waals surface area contributed by atoms with Crippen molar-refractivity contribution >= 4 is 11.9 Å². The highest BCUT2D eigenvalue weighted by atomic mass is 16.5. The van der Waals surface area contributed by atoms with Crippen molar-refractivity contribution in [3.8, 4) is 0 Å². The standard InChI is InChI=1S/C49H89NO5/c1-4-7-10-13-16-19-22-24-27-30-33-36-39-42-49(54)55-45(40-37-34-31-28-25-21-18-15-12-9-6-3)43-48(53)50-46(44-51)47(52)41-38-35-32-29-26-23-20-17-14-11-8-5-2/h9,12,15,18,21,24-25,27,45-47,51-52H,4-8,10-11,13-14,16-17,19-20,22-23,26,28-44H2,1-3H3,(H,50,53)/b12-9+,18-15+,25-21-,27-24-. The Hall–Kier alpha value is -2.18. The second-order valence-electron chi connectivity index (χ2n) is 15.8. The van der Waals surface area contributed by atoms with Gasteiger partial charge in [0.25, 0.3) is 0 Å². The van der Waals surface area contributed by atoms with E-state index >= 15 is 0 Å². The van der Waals surface area contributed by atoms with Gasteiger partial charge in [0.2, 0.25) is 5.91 Å². The lowest BCUT2D eigenvalue weighted by Gasteiger charge is -2.24. The Morgan fingerprint density at radius 1 is 0.545 bits per heavy atom. The fraction of sp³-hybridized carbons (Fsp3) is 0.796. The minimum Gasteiger partial charge on any atom is -0.462 e. The first kappa shape index (κ1) is 52.8. The van der Waals surface area contributed by atoms with Crippen LogP contribution in [0.3, 0.4) is 0 Å². The summed E-state index contributed by atoms with van der Waals surface area (Å²) < 4.78 is 5.88. The van der Waals surface area contributed by atoms with Crippen LogP contribution in [0.4, 0.5) is 0 Å². The van der Waals surface area contributed by atoms with Gasteiger partial charge in [0, 0.05) is 6.42 Å². The first-order valence-electron chi connectivity index (χ1n) is 23.4. The number of aliphatic hydroxyl groups is 2. The summed E-state index contributed by atoms with van der Waals surface area (Å²) in [5.41, 5.74) is 0. The predicted molar refractivity (Wildman–Crippen MR) is 236 cm³/mol. The van der Waals surface area contributed by atoms with E-state index in [1.165, 1.54) is 96.3 Å². The van der Waals surface area contributed by atoms with Crippen LogP contribution in [-0.4, -0.2) is 46.9 Å². The van der Waals surface area contributed by atoms with Gasteiger partial charge in [0.05, 0.1) is 25.2 Å². The van der Waals surface area contributed by atoms with Crippen LogP contribution < -0.4 is 5.32 Å². The molecule has 3 unspecified atom stereocenters. The maximum absolute atomic E-state index is 13.1. The molecule has 6 heteroatoms. The largest absolute Gasteiger partial charge is 0.462 e. The van der Waals surface area contributed by atoms with Gasteiger partial charge in [0.1, 0.15) is 6.10 Å². The Bertz CT molecular complexity index is 957. The third-order valence-corrected chi connectivity index (χ3v) is 10.5. The molecule has 0 bridgehead atoms. The van der Waals surface area contributed by atoms with E-state index in [2.05, 4.69) is 62.5 Å². The second kappa shape index (κ2) is 43.0. The van der Waals surface area contributed by atoms with Gasteiger partial charge < -0.3 is 20.3 Å². The molecule has 0 fully saturated rings. The number of amides is 1. The van der Waals surface area contributed by atoms with Crippen molar-refractivity contribution < 1.29 is 24.5 Å². The number of hydrogen-bond donors (Lipinski definition) is 3. The lowest BCUT2D eigenvalue weighted by Crippen LogP contribution is -2.46. The molecular formula is C49H89NO5. The summed E-state index contributed by atoms with van der Waals surface area (Å²) in [5.74, 6) is -0.529. The van der Waals surface area contributed by atoms with Crippen molar-refractivity contribution in [1.29, 1.82) is 0 Å². The average Bonchev–Trinajstić information content (AvgIpc) is 3.18. The zero-order chi connectivity index (χ0) is 40.3. The summed E-state index contributed by atoms with van der Waals surface area (Å²) in [6.07, 6.45) is 50.3. The lowest BCUT2D eigenvalue weighted by atomic mass is 10.0. The molecule has 0 aromatic heterocycles. The molecule has 1 amide bonds. The molecule has 0 aliphatic heterocycles. The van der Waals surface area contributed by atoms with Crippen molar-refractivity contribution in [2.75, 3.05) is 6.61 Å². The minimum absolute atomic E-state index is 0.0485. The van der Waals surface area contributed by atoms with Crippen LogP contribution >= 0.6 is 0 Å². The number of hydrogen-bond acceptors (Lipinski definition) is 5. The van der Waals surface area contributed by atoms with Crippen molar-refractivity contribution in [3.05, 3.63) is 48.6 Å². The number of allylic oxidation sites excluding steroid dienone is 8. The molecule has 0 rings (SSSR count). The lowest BCUT2D eigenvalue weighted by molar-refractivity contribution is -0.151. The Morgan fingerprint density at radius 3 is 1.55 bits per heavy atom. The van der Waals surface area contributed by atoms with Crippen LogP contribution in [0.15, 0.2) is 48.6 Å². The van der Waals surface area contributed by atoms with Gasteiger partial charge in [-0.2, -0.15) is 0 Å². The first-order valence-corrected chi connectivity index (χ1v) is 23.4. The number of carbonyl (C=O) groups is 2.